The Morgan fingerprint density at radius 1 is 1.17 bits per heavy atom. The van der Waals surface area contributed by atoms with E-state index < -0.39 is 0 Å². The van der Waals surface area contributed by atoms with E-state index in [1.54, 1.807) is 12.1 Å². The highest BCUT2D eigenvalue weighted by Crippen LogP contribution is 2.30. The Morgan fingerprint density at radius 3 is 2.52 bits per heavy atom. The molecule has 2 amide bonds. The van der Waals surface area contributed by atoms with Gasteiger partial charge < -0.3 is 15.1 Å². The Balaban J connectivity index is 1.68. The van der Waals surface area contributed by atoms with Gasteiger partial charge in [0, 0.05) is 37.1 Å². The minimum atomic E-state index is -0.248. The van der Waals surface area contributed by atoms with Crippen molar-refractivity contribution in [2.45, 2.75) is 13.8 Å². The van der Waals surface area contributed by atoms with Gasteiger partial charge in [-0.1, -0.05) is 31.5 Å². The third kappa shape index (κ3) is 5.46. The Bertz CT molecular complexity index is 894. The van der Waals surface area contributed by atoms with E-state index >= 15 is 0 Å². The van der Waals surface area contributed by atoms with Crippen molar-refractivity contribution in [3.8, 4) is 0 Å². The molecule has 0 aliphatic carbocycles. The number of halogens is 1. The SMILES string of the molecule is CC(C)C(=O)N1CCN(c2ccc(Cl)cc2NC(=S)NC(=O)c2cccs2)CC1. The fourth-order valence-corrected chi connectivity index (χ4v) is 4.14. The molecule has 1 aromatic carbocycles. The van der Waals surface area contributed by atoms with Gasteiger partial charge >= 0.3 is 0 Å². The number of piperazine rings is 1. The second kappa shape index (κ2) is 9.56. The minimum absolute atomic E-state index is 0.00126. The Kier molecular flexibility index (Phi) is 7.10. The van der Waals surface area contributed by atoms with Crippen molar-refractivity contribution in [3.05, 3.63) is 45.6 Å². The average molecular weight is 451 g/mol. The first-order valence-electron chi connectivity index (χ1n) is 9.34. The third-order valence-electron chi connectivity index (χ3n) is 4.60. The van der Waals surface area contributed by atoms with E-state index in [1.807, 2.05) is 42.3 Å². The van der Waals surface area contributed by atoms with Crippen LogP contribution in [0.2, 0.25) is 5.02 Å². The normalized spacial score (nSPS) is 14.1. The number of hydrogen-bond acceptors (Lipinski definition) is 5. The summed E-state index contributed by atoms with van der Waals surface area (Å²) < 4.78 is 0. The van der Waals surface area contributed by atoms with Crippen LogP contribution in [0.15, 0.2) is 35.7 Å². The van der Waals surface area contributed by atoms with Crippen molar-refractivity contribution in [1.82, 2.24) is 10.2 Å². The van der Waals surface area contributed by atoms with Crippen LogP contribution in [-0.4, -0.2) is 48.0 Å². The predicted octanol–water partition coefficient (Wildman–Crippen LogP) is 3.83. The molecule has 0 unspecified atom stereocenters. The van der Waals surface area contributed by atoms with E-state index in [4.69, 9.17) is 23.8 Å². The number of carbonyl (C=O) groups is 2. The van der Waals surface area contributed by atoms with Gasteiger partial charge in [-0.15, -0.1) is 11.3 Å². The van der Waals surface area contributed by atoms with Crippen molar-refractivity contribution in [2.75, 3.05) is 36.4 Å². The van der Waals surface area contributed by atoms with Gasteiger partial charge in [0.25, 0.3) is 5.91 Å². The maximum atomic E-state index is 12.2. The summed E-state index contributed by atoms with van der Waals surface area (Å²) in [7, 11) is 0. The molecule has 9 heteroatoms. The number of carbonyl (C=O) groups excluding carboxylic acids is 2. The predicted molar refractivity (Wildman–Crippen MR) is 123 cm³/mol. The summed E-state index contributed by atoms with van der Waals surface area (Å²) in [4.78, 5) is 29.1. The van der Waals surface area contributed by atoms with Crippen LogP contribution in [-0.2, 0) is 4.79 Å². The average Bonchev–Trinajstić information content (AvgIpc) is 3.22. The second-order valence-corrected chi connectivity index (χ2v) is 8.81. The first-order valence-corrected chi connectivity index (χ1v) is 11.0. The van der Waals surface area contributed by atoms with Gasteiger partial charge in [0.1, 0.15) is 0 Å². The molecule has 154 valence electrons. The highest BCUT2D eigenvalue weighted by atomic mass is 35.5. The molecule has 6 nitrogen and oxygen atoms in total. The molecule has 2 aromatic rings. The van der Waals surface area contributed by atoms with Gasteiger partial charge in [0.05, 0.1) is 16.3 Å². The summed E-state index contributed by atoms with van der Waals surface area (Å²) in [6.45, 7) is 6.59. The first-order chi connectivity index (χ1) is 13.8. The zero-order valence-corrected chi connectivity index (χ0v) is 18.7. The van der Waals surface area contributed by atoms with E-state index in [1.165, 1.54) is 11.3 Å². The minimum Gasteiger partial charge on any atom is -0.366 e. The molecule has 2 heterocycles. The molecular formula is C20H23ClN4O2S2. The van der Waals surface area contributed by atoms with Crippen molar-refractivity contribution in [3.63, 3.8) is 0 Å². The van der Waals surface area contributed by atoms with Gasteiger partial charge in [-0.05, 0) is 41.9 Å². The van der Waals surface area contributed by atoms with Crippen LogP contribution in [0.5, 0.6) is 0 Å². The first kappa shape index (κ1) is 21.5. The summed E-state index contributed by atoms with van der Waals surface area (Å²) in [6.07, 6.45) is 0. The number of anilines is 2. The fourth-order valence-electron chi connectivity index (χ4n) is 3.14. The molecule has 1 aliphatic heterocycles. The van der Waals surface area contributed by atoms with Gasteiger partial charge in [-0.2, -0.15) is 0 Å². The Morgan fingerprint density at radius 2 is 1.90 bits per heavy atom. The molecule has 0 atom stereocenters. The van der Waals surface area contributed by atoms with Crippen molar-refractivity contribution in [1.29, 1.82) is 0 Å². The van der Waals surface area contributed by atoms with Gasteiger partial charge in [-0.25, -0.2) is 0 Å². The van der Waals surface area contributed by atoms with Gasteiger partial charge in [0.2, 0.25) is 5.91 Å². The second-order valence-electron chi connectivity index (χ2n) is 7.01. The summed E-state index contributed by atoms with van der Waals surface area (Å²) in [5.74, 6) is -0.0721. The lowest BCUT2D eigenvalue weighted by Crippen LogP contribution is -2.50. The van der Waals surface area contributed by atoms with E-state index in [-0.39, 0.29) is 22.8 Å². The van der Waals surface area contributed by atoms with E-state index in [2.05, 4.69) is 15.5 Å². The lowest BCUT2D eigenvalue weighted by molar-refractivity contribution is -0.134. The largest absolute Gasteiger partial charge is 0.366 e. The molecule has 1 aromatic heterocycles. The molecule has 0 radical (unpaired) electrons. The van der Waals surface area contributed by atoms with E-state index in [9.17, 15) is 9.59 Å². The number of benzene rings is 1. The van der Waals surface area contributed by atoms with Crippen LogP contribution < -0.4 is 15.5 Å². The van der Waals surface area contributed by atoms with Gasteiger partial charge in [0.15, 0.2) is 5.11 Å². The molecule has 3 rings (SSSR count). The molecule has 1 saturated heterocycles. The number of hydrogen-bond donors (Lipinski definition) is 2. The topological polar surface area (TPSA) is 64.7 Å². The Hall–Kier alpha value is -2.16. The smallest absolute Gasteiger partial charge is 0.267 e. The van der Waals surface area contributed by atoms with Crippen LogP contribution in [0.25, 0.3) is 0 Å². The molecule has 29 heavy (non-hydrogen) atoms. The number of thiophene rings is 1. The van der Waals surface area contributed by atoms with Crippen molar-refractivity contribution in [2.24, 2.45) is 5.92 Å². The number of nitrogens with one attached hydrogen (secondary N) is 2. The van der Waals surface area contributed by atoms with Crippen LogP contribution in [0.1, 0.15) is 23.5 Å². The molecular weight excluding hydrogens is 428 g/mol. The molecule has 1 aliphatic rings. The van der Waals surface area contributed by atoms with Crippen LogP contribution in [0.4, 0.5) is 11.4 Å². The van der Waals surface area contributed by atoms with Crippen LogP contribution in [0, 0.1) is 5.92 Å². The van der Waals surface area contributed by atoms with E-state index in [0.717, 1.165) is 11.4 Å². The fraction of sp³-hybridized carbons (Fsp3) is 0.350. The number of rotatable bonds is 4. The van der Waals surface area contributed by atoms with E-state index in [0.29, 0.717) is 36.1 Å². The zero-order chi connectivity index (χ0) is 21.0. The molecule has 0 saturated carbocycles. The monoisotopic (exact) mass is 450 g/mol. The quantitative estimate of drug-likeness (QED) is 0.693. The maximum Gasteiger partial charge on any atom is 0.267 e. The highest BCUT2D eigenvalue weighted by molar-refractivity contribution is 7.80. The molecule has 0 bridgehead atoms. The zero-order valence-electron chi connectivity index (χ0n) is 16.3. The lowest BCUT2D eigenvalue weighted by atomic mass is 10.1. The van der Waals surface area contributed by atoms with Crippen molar-refractivity contribution >= 4 is 63.5 Å². The lowest BCUT2D eigenvalue weighted by Gasteiger charge is -2.37. The molecule has 1 fully saturated rings. The maximum absolute atomic E-state index is 12.2. The molecule has 2 N–H and O–H groups in total. The van der Waals surface area contributed by atoms with Gasteiger partial charge in [-0.3, -0.25) is 14.9 Å². The molecule has 0 spiro atoms. The van der Waals surface area contributed by atoms with Crippen molar-refractivity contribution < 1.29 is 9.59 Å². The summed E-state index contributed by atoms with van der Waals surface area (Å²) in [6, 6.07) is 9.08. The van der Waals surface area contributed by atoms with Crippen LogP contribution in [0.3, 0.4) is 0 Å². The number of nitrogens with zero attached hydrogens (tertiary/aromatic N) is 2. The van der Waals surface area contributed by atoms with Crippen LogP contribution >= 0.6 is 35.2 Å². The standard InChI is InChI=1S/C20H23ClN4O2S2/c1-13(2)19(27)25-9-7-24(8-10-25)16-6-5-14(21)12-15(16)22-20(28)23-18(26)17-4-3-11-29-17/h3-6,11-13H,7-10H2,1-2H3,(H2,22,23,26,28). The highest BCUT2D eigenvalue weighted by Gasteiger charge is 2.24. The summed E-state index contributed by atoms with van der Waals surface area (Å²) in [5.41, 5.74) is 1.65. The Labute approximate surface area is 184 Å². The number of thiocarbonyl (C=S) groups is 1. The number of amides is 2. The summed E-state index contributed by atoms with van der Waals surface area (Å²) >= 11 is 12.9. The third-order valence-corrected chi connectivity index (χ3v) is 5.91. The summed E-state index contributed by atoms with van der Waals surface area (Å²) in [5, 5.41) is 8.40.